The van der Waals surface area contributed by atoms with Crippen molar-refractivity contribution in [3.8, 4) is 5.75 Å². The number of halogens is 6. The van der Waals surface area contributed by atoms with Crippen LogP contribution in [0, 0.1) is 0 Å². The summed E-state index contributed by atoms with van der Waals surface area (Å²) in [5, 5.41) is -0.390. The van der Waals surface area contributed by atoms with Crippen LogP contribution in [0.25, 0.3) is 10.9 Å². The van der Waals surface area contributed by atoms with E-state index in [9.17, 15) is 31.1 Å². The van der Waals surface area contributed by atoms with Gasteiger partial charge in [-0.1, -0.05) is 6.92 Å². The van der Waals surface area contributed by atoms with Gasteiger partial charge in [0.1, 0.15) is 18.4 Å². The fourth-order valence-corrected chi connectivity index (χ4v) is 3.35. The van der Waals surface area contributed by atoms with Gasteiger partial charge in [-0.3, -0.25) is 4.79 Å². The number of alkyl halides is 6. The van der Waals surface area contributed by atoms with E-state index in [1.807, 2.05) is 0 Å². The molecule has 2 heterocycles. The van der Waals surface area contributed by atoms with E-state index >= 15 is 0 Å². The standard InChI is InChI=1S/C17H16F6N2O2/c1-3-13-8(2)25(7-16(18,19)20)12-4-9-10(17(21,22)23)5-15(26)24-11(9)6-14(12)27-13/h4-6,8,13H,3,7H2,1-2H3,(H,24,26). The number of anilines is 1. The van der Waals surface area contributed by atoms with Crippen LogP contribution in [-0.2, 0) is 6.18 Å². The van der Waals surface area contributed by atoms with E-state index < -0.39 is 47.6 Å². The van der Waals surface area contributed by atoms with Crippen LogP contribution in [-0.4, -0.2) is 29.9 Å². The lowest BCUT2D eigenvalue weighted by atomic mass is 10.0. The van der Waals surface area contributed by atoms with Gasteiger partial charge in [0.05, 0.1) is 22.8 Å². The van der Waals surface area contributed by atoms with Crippen molar-refractivity contribution in [2.75, 3.05) is 11.4 Å². The Morgan fingerprint density at radius 1 is 1.15 bits per heavy atom. The Hall–Kier alpha value is -2.39. The topological polar surface area (TPSA) is 45.3 Å². The maximum Gasteiger partial charge on any atom is 0.417 e. The molecule has 1 aromatic heterocycles. The number of rotatable bonds is 2. The summed E-state index contributed by atoms with van der Waals surface area (Å²) in [6.45, 7) is 1.95. The quantitative estimate of drug-likeness (QED) is 0.765. The molecule has 3 rings (SSSR count). The average molecular weight is 394 g/mol. The first kappa shape index (κ1) is 19.4. The second kappa shape index (κ2) is 6.35. The predicted molar refractivity (Wildman–Crippen MR) is 87.1 cm³/mol. The molecule has 0 saturated heterocycles. The number of fused-ring (bicyclic) bond motifs is 2. The van der Waals surface area contributed by atoms with Crippen molar-refractivity contribution in [3.63, 3.8) is 0 Å². The smallest absolute Gasteiger partial charge is 0.417 e. The van der Waals surface area contributed by atoms with Crippen LogP contribution < -0.4 is 15.2 Å². The number of pyridine rings is 1. The molecule has 2 aromatic rings. The molecule has 0 fully saturated rings. The maximum absolute atomic E-state index is 13.3. The molecule has 0 spiro atoms. The zero-order valence-electron chi connectivity index (χ0n) is 14.3. The number of aromatic nitrogens is 1. The third kappa shape index (κ3) is 3.70. The number of hydrogen-bond donors (Lipinski definition) is 1. The molecular formula is C17H16F6N2O2. The lowest BCUT2D eigenvalue weighted by Crippen LogP contribution is -2.51. The Kier molecular flexibility index (Phi) is 4.55. The van der Waals surface area contributed by atoms with Crippen molar-refractivity contribution >= 4 is 16.6 Å². The summed E-state index contributed by atoms with van der Waals surface area (Å²) in [4.78, 5) is 14.9. The molecule has 2 atom stereocenters. The minimum Gasteiger partial charge on any atom is -0.486 e. The Bertz CT molecular complexity index is 918. The first-order valence-corrected chi connectivity index (χ1v) is 8.19. The van der Waals surface area contributed by atoms with Crippen molar-refractivity contribution in [2.24, 2.45) is 0 Å². The Morgan fingerprint density at radius 2 is 1.81 bits per heavy atom. The highest BCUT2D eigenvalue weighted by atomic mass is 19.4. The fraction of sp³-hybridized carbons (Fsp3) is 0.471. The zero-order chi connectivity index (χ0) is 20.1. The van der Waals surface area contributed by atoms with Gasteiger partial charge in [-0.2, -0.15) is 26.3 Å². The Labute approximate surface area is 149 Å². The summed E-state index contributed by atoms with van der Waals surface area (Å²) in [5.41, 5.74) is -2.40. The number of ether oxygens (including phenoxy) is 1. The minimum atomic E-state index is -4.83. The van der Waals surface area contributed by atoms with Crippen LogP contribution in [0.3, 0.4) is 0 Å². The molecule has 10 heteroatoms. The molecule has 0 aliphatic carbocycles. The van der Waals surface area contributed by atoms with E-state index in [0.29, 0.717) is 12.5 Å². The number of H-pyrrole nitrogens is 1. The summed E-state index contributed by atoms with van der Waals surface area (Å²) in [6, 6.07) is 1.85. The largest absolute Gasteiger partial charge is 0.486 e. The van der Waals surface area contributed by atoms with E-state index in [0.717, 1.165) is 17.0 Å². The van der Waals surface area contributed by atoms with Crippen molar-refractivity contribution in [2.45, 2.75) is 44.8 Å². The van der Waals surface area contributed by atoms with E-state index in [1.54, 1.807) is 6.92 Å². The van der Waals surface area contributed by atoms with Crippen LogP contribution in [0.15, 0.2) is 23.0 Å². The number of aromatic amines is 1. The van der Waals surface area contributed by atoms with E-state index in [2.05, 4.69) is 4.98 Å². The summed E-state index contributed by atoms with van der Waals surface area (Å²) < 4.78 is 84.8. The molecular weight excluding hydrogens is 378 g/mol. The minimum absolute atomic E-state index is 0.00618. The number of hydrogen-bond acceptors (Lipinski definition) is 3. The molecule has 1 N–H and O–H groups in total. The van der Waals surface area contributed by atoms with Crippen molar-refractivity contribution in [1.29, 1.82) is 0 Å². The molecule has 0 radical (unpaired) electrons. The molecule has 2 unspecified atom stereocenters. The summed E-state index contributed by atoms with van der Waals surface area (Å²) in [7, 11) is 0. The third-order valence-corrected chi connectivity index (χ3v) is 4.60. The Balaban J connectivity index is 2.27. The van der Waals surface area contributed by atoms with Crippen molar-refractivity contribution in [1.82, 2.24) is 4.98 Å². The summed E-state index contributed by atoms with van der Waals surface area (Å²) in [6.07, 6.45) is -9.54. The highest BCUT2D eigenvalue weighted by Crippen LogP contribution is 2.43. The van der Waals surface area contributed by atoms with Gasteiger partial charge in [-0.05, 0) is 19.4 Å². The van der Waals surface area contributed by atoms with Gasteiger partial charge < -0.3 is 14.6 Å². The Morgan fingerprint density at radius 3 is 2.37 bits per heavy atom. The van der Waals surface area contributed by atoms with Crippen LogP contribution >= 0.6 is 0 Å². The monoisotopic (exact) mass is 394 g/mol. The fourth-order valence-electron chi connectivity index (χ4n) is 3.35. The van der Waals surface area contributed by atoms with Gasteiger partial charge in [0.15, 0.2) is 0 Å². The van der Waals surface area contributed by atoms with Crippen molar-refractivity contribution in [3.05, 3.63) is 34.1 Å². The maximum atomic E-state index is 13.3. The first-order chi connectivity index (χ1) is 12.4. The number of nitrogens with one attached hydrogen (secondary N) is 1. The highest BCUT2D eigenvalue weighted by molar-refractivity contribution is 5.89. The van der Waals surface area contributed by atoms with Crippen molar-refractivity contribution < 1.29 is 31.1 Å². The van der Waals surface area contributed by atoms with E-state index in [1.165, 1.54) is 6.92 Å². The number of benzene rings is 1. The van der Waals surface area contributed by atoms with E-state index in [-0.39, 0.29) is 17.0 Å². The van der Waals surface area contributed by atoms with Gasteiger partial charge in [-0.25, -0.2) is 0 Å². The van der Waals surface area contributed by atoms with Crippen LogP contribution in [0.2, 0.25) is 0 Å². The number of nitrogens with zero attached hydrogens (tertiary/aromatic N) is 1. The molecule has 1 aliphatic rings. The highest BCUT2D eigenvalue weighted by Gasteiger charge is 2.40. The second-order valence-corrected chi connectivity index (χ2v) is 6.46. The molecule has 0 saturated carbocycles. The molecule has 1 aliphatic heterocycles. The van der Waals surface area contributed by atoms with Crippen LogP contribution in [0.5, 0.6) is 5.75 Å². The average Bonchev–Trinajstić information content (AvgIpc) is 2.53. The summed E-state index contributed by atoms with van der Waals surface area (Å²) >= 11 is 0. The molecule has 4 nitrogen and oxygen atoms in total. The lowest BCUT2D eigenvalue weighted by Gasteiger charge is -2.42. The lowest BCUT2D eigenvalue weighted by molar-refractivity contribution is -0.136. The first-order valence-electron chi connectivity index (χ1n) is 8.19. The van der Waals surface area contributed by atoms with Crippen LogP contribution in [0.4, 0.5) is 32.0 Å². The SMILES string of the molecule is CCC1Oc2cc3[nH]c(=O)cc(C(F)(F)F)c3cc2N(CC(F)(F)F)C1C. The normalized spacial score (nSPS) is 20.5. The zero-order valence-corrected chi connectivity index (χ0v) is 14.3. The molecule has 148 valence electrons. The summed E-state index contributed by atoms with van der Waals surface area (Å²) in [5.74, 6) is 0.00618. The van der Waals surface area contributed by atoms with E-state index in [4.69, 9.17) is 4.74 Å². The molecule has 27 heavy (non-hydrogen) atoms. The second-order valence-electron chi connectivity index (χ2n) is 6.46. The van der Waals surface area contributed by atoms with Gasteiger partial charge in [0, 0.05) is 17.5 Å². The molecule has 1 aromatic carbocycles. The van der Waals surface area contributed by atoms with Gasteiger partial charge >= 0.3 is 12.4 Å². The van der Waals surface area contributed by atoms with Crippen LogP contribution in [0.1, 0.15) is 25.8 Å². The van der Waals surface area contributed by atoms with Gasteiger partial charge in [0.2, 0.25) is 5.56 Å². The third-order valence-electron chi connectivity index (χ3n) is 4.60. The van der Waals surface area contributed by atoms with Gasteiger partial charge in [-0.15, -0.1) is 0 Å². The van der Waals surface area contributed by atoms with Gasteiger partial charge in [0.25, 0.3) is 0 Å². The predicted octanol–water partition coefficient (Wildman–Crippen LogP) is 4.48. The molecule has 0 amide bonds. The molecule has 0 bridgehead atoms.